The largest absolute Gasteiger partial charge is 0.339 e. The fourth-order valence-corrected chi connectivity index (χ4v) is 3.47. The Bertz CT molecular complexity index is 795. The Balaban J connectivity index is 1.40. The molecule has 1 aliphatic heterocycles. The number of rotatable bonds is 4. The maximum Gasteiger partial charge on any atom is 0.230 e. The first-order valence-electron chi connectivity index (χ1n) is 7.94. The van der Waals surface area contributed by atoms with Crippen molar-refractivity contribution in [2.75, 3.05) is 13.1 Å². The zero-order valence-electron chi connectivity index (χ0n) is 13.0. The van der Waals surface area contributed by atoms with Crippen LogP contribution in [-0.4, -0.2) is 43.3 Å². The van der Waals surface area contributed by atoms with Gasteiger partial charge in [-0.1, -0.05) is 33.2 Å². The molecular weight excluding hydrogens is 372 g/mol. The van der Waals surface area contributed by atoms with Crippen LogP contribution in [0.15, 0.2) is 39.6 Å². The van der Waals surface area contributed by atoms with E-state index in [4.69, 9.17) is 4.52 Å². The van der Waals surface area contributed by atoms with Crippen LogP contribution in [-0.2, 0) is 6.54 Å². The van der Waals surface area contributed by atoms with E-state index in [2.05, 4.69) is 46.2 Å². The lowest BCUT2D eigenvalue weighted by molar-refractivity contribution is 0.184. The highest BCUT2D eigenvalue weighted by molar-refractivity contribution is 9.10. The minimum absolute atomic E-state index is 0.319. The number of benzene rings is 1. The van der Waals surface area contributed by atoms with Crippen LogP contribution in [0.1, 0.15) is 30.5 Å². The molecule has 3 heterocycles. The molecule has 8 heteroatoms. The highest BCUT2D eigenvalue weighted by Gasteiger charge is 2.26. The number of likely N-dealkylation sites (tertiary alicyclic amines) is 1. The summed E-state index contributed by atoms with van der Waals surface area (Å²) in [4.78, 5) is 11.2. The lowest BCUT2D eigenvalue weighted by atomic mass is 9.97. The zero-order valence-corrected chi connectivity index (χ0v) is 14.6. The zero-order chi connectivity index (χ0) is 16.4. The van der Waals surface area contributed by atoms with Gasteiger partial charge in [-0.3, -0.25) is 10.00 Å². The summed E-state index contributed by atoms with van der Waals surface area (Å²) in [7, 11) is 0. The molecule has 1 saturated heterocycles. The Kier molecular flexibility index (Phi) is 4.40. The van der Waals surface area contributed by atoms with Crippen LogP contribution in [0.2, 0.25) is 0 Å². The average Bonchev–Trinajstić information content (AvgIpc) is 3.28. The summed E-state index contributed by atoms with van der Waals surface area (Å²) in [6.07, 6.45) is 3.56. The molecule has 0 bridgehead atoms. The van der Waals surface area contributed by atoms with E-state index in [9.17, 15) is 0 Å². The Morgan fingerprint density at radius 3 is 2.83 bits per heavy atom. The molecule has 4 rings (SSSR count). The molecular formula is C16H17BrN6O. The lowest BCUT2D eigenvalue weighted by Gasteiger charge is -2.29. The summed E-state index contributed by atoms with van der Waals surface area (Å²) in [6, 6.07) is 7.91. The monoisotopic (exact) mass is 388 g/mol. The molecule has 24 heavy (non-hydrogen) atoms. The minimum Gasteiger partial charge on any atom is -0.339 e. The van der Waals surface area contributed by atoms with Crippen LogP contribution < -0.4 is 0 Å². The summed E-state index contributed by atoms with van der Waals surface area (Å²) in [5.41, 5.74) is 0.954. The van der Waals surface area contributed by atoms with Crippen molar-refractivity contribution >= 4 is 15.9 Å². The van der Waals surface area contributed by atoms with Crippen molar-refractivity contribution in [3.63, 3.8) is 0 Å². The van der Waals surface area contributed by atoms with Gasteiger partial charge in [0, 0.05) is 16.0 Å². The van der Waals surface area contributed by atoms with Crippen LogP contribution in [0.5, 0.6) is 0 Å². The number of halogens is 1. The molecule has 1 aromatic carbocycles. The second kappa shape index (κ2) is 6.82. The molecule has 1 aliphatic rings. The maximum atomic E-state index is 5.53. The Hall–Kier alpha value is -2.06. The molecule has 0 radical (unpaired) electrons. The molecule has 0 atom stereocenters. The van der Waals surface area contributed by atoms with Crippen molar-refractivity contribution in [3.8, 4) is 11.4 Å². The van der Waals surface area contributed by atoms with Gasteiger partial charge < -0.3 is 4.52 Å². The van der Waals surface area contributed by atoms with Crippen LogP contribution in [0.25, 0.3) is 11.4 Å². The van der Waals surface area contributed by atoms with E-state index in [0.717, 1.165) is 54.2 Å². The van der Waals surface area contributed by atoms with Gasteiger partial charge in [-0.15, -0.1) is 0 Å². The Morgan fingerprint density at radius 1 is 1.25 bits per heavy atom. The molecule has 0 unspecified atom stereocenters. The van der Waals surface area contributed by atoms with Gasteiger partial charge in [-0.2, -0.15) is 10.1 Å². The van der Waals surface area contributed by atoms with Gasteiger partial charge in [-0.05, 0) is 38.1 Å². The predicted molar refractivity (Wildman–Crippen MR) is 91.1 cm³/mol. The molecule has 124 valence electrons. The van der Waals surface area contributed by atoms with Crippen molar-refractivity contribution in [3.05, 3.63) is 46.8 Å². The molecule has 0 amide bonds. The van der Waals surface area contributed by atoms with E-state index in [1.807, 2.05) is 24.3 Å². The summed E-state index contributed by atoms with van der Waals surface area (Å²) in [5.74, 6) is 2.60. The van der Waals surface area contributed by atoms with Gasteiger partial charge in [0.05, 0.1) is 6.54 Å². The highest BCUT2D eigenvalue weighted by Crippen LogP contribution is 2.30. The maximum absolute atomic E-state index is 5.53. The third kappa shape index (κ3) is 3.25. The number of hydrogen-bond donors (Lipinski definition) is 1. The minimum atomic E-state index is 0.319. The SMILES string of the molecule is Brc1ccccc1-c1noc(C2CCN(Cc3ncn[nH]3)CC2)n1. The van der Waals surface area contributed by atoms with Gasteiger partial charge in [0.2, 0.25) is 11.7 Å². The second-order valence-corrected chi connectivity index (χ2v) is 6.77. The average molecular weight is 389 g/mol. The lowest BCUT2D eigenvalue weighted by Crippen LogP contribution is -2.32. The summed E-state index contributed by atoms with van der Waals surface area (Å²) >= 11 is 3.53. The number of hydrogen-bond acceptors (Lipinski definition) is 6. The first-order valence-corrected chi connectivity index (χ1v) is 8.74. The van der Waals surface area contributed by atoms with Crippen molar-refractivity contribution in [1.82, 2.24) is 30.2 Å². The molecule has 0 aliphatic carbocycles. The Labute approximate surface area is 147 Å². The number of H-pyrrole nitrogens is 1. The topological polar surface area (TPSA) is 83.7 Å². The molecule has 2 aromatic heterocycles. The normalized spacial score (nSPS) is 16.5. The van der Waals surface area contributed by atoms with Gasteiger partial charge >= 0.3 is 0 Å². The number of nitrogens with zero attached hydrogens (tertiary/aromatic N) is 5. The molecule has 1 N–H and O–H groups in total. The molecule has 0 saturated carbocycles. The predicted octanol–water partition coefficient (Wildman–Crippen LogP) is 3.00. The van der Waals surface area contributed by atoms with Gasteiger partial charge in [-0.25, -0.2) is 4.98 Å². The van der Waals surface area contributed by atoms with E-state index >= 15 is 0 Å². The fraction of sp³-hybridized carbons (Fsp3) is 0.375. The fourth-order valence-electron chi connectivity index (χ4n) is 3.01. The molecule has 1 fully saturated rings. The van der Waals surface area contributed by atoms with Crippen LogP contribution >= 0.6 is 15.9 Å². The third-order valence-corrected chi connectivity index (χ3v) is 5.02. The van der Waals surface area contributed by atoms with Crippen molar-refractivity contribution in [2.45, 2.75) is 25.3 Å². The number of nitrogens with one attached hydrogen (secondary N) is 1. The highest BCUT2D eigenvalue weighted by atomic mass is 79.9. The Morgan fingerprint density at radius 2 is 2.08 bits per heavy atom. The van der Waals surface area contributed by atoms with E-state index in [1.165, 1.54) is 0 Å². The summed E-state index contributed by atoms with van der Waals surface area (Å²) in [6.45, 7) is 2.77. The third-order valence-electron chi connectivity index (χ3n) is 4.33. The van der Waals surface area contributed by atoms with Gasteiger partial charge in [0.15, 0.2) is 0 Å². The van der Waals surface area contributed by atoms with Crippen LogP contribution in [0, 0.1) is 0 Å². The van der Waals surface area contributed by atoms with Gasteiger partial charge in [0.25, 0.3) is 0 Å². The standard InChI is InChI=1S/C16H17BrN6O/c17-13-4-2-1-3-12(13)15-20-16(24-22-15)11-5-7-23(8-6-11)9-14-18-10-19-21-14/h1-4,10-11H,5-9H2,(H,18,19,21). The van der Waals surface area contributed by atoms with Crippen LogP contribution in [0.4, 0.5) is 0 Å². The first kappa shape index (κ1) is 15.5. The van der Waals surface area contributed by atoms with Crippen LogP contribution in [0.3, 0.4) is 0 Å². The molecule has 7 nitrogen and oxygen atoms in total. The van der Waals surface area contributed by atoms with E-state index in [0.29, 0.717) is 11.7 Å². The number of aromatic amines is 1. The van der Waals surface area contributed by atoms with E-state index in [-0.39, 0.29) is 0 Å². The first-order chi connectivity index (χ1) is 11.8. The van der Waals surface area contributed by atoms with E-state index in [1.54, 1.807) is 6.33 Å². The summed E-state index contributed by atoms with van der Waals surface area (Å²) < 4.78 is 6.50. The summed E-state index contributed by atoms with van der Waals surface area (Å²) in [5, 5.41) is 10.9. The van der Waals surface area contributed by atoms with Gasteiger partial charge in [0.1, 0.15) is 12.2 Å². The number of piperidine rings is 1. The smallest absolute Gasteiger partial charge is 0.230 e. The van der Waals surface area contributed by atoms with Crippen molar-refractivity contribution in [2.24, 2.45) is 0 Å². The van der Waals surface area contributed by atoms with E-state index < -0.39 is 0 Å². The molecule has 0 spiro atoms. The number of aromatic nitrogens is 5. The quantitative estimate of drug-likeness (QED) is 0.739. The second-order valence-electron chi connectivity index (χ2n) is 5.92. The van der Waals surface area contributed by atoms with Crippen molar-refractivity contribution in [1.29, 1.82) is 0 Å². The van der Waals surface area contributed by atoms with Crippen molar-refractivity contribution < 1.29 is 4.52 Å². The molecule has 3 aromatic rings.